The number of imidazole rings is 1. The number of aromatic nitrogens is 2. The Morgan fingerprint density at radius 1 is 1.37 bits per heavy atom. The summed E-state index contributed by atoms with van der Waals surface area (Å²) in [6, 6.07) is 3.94. The van der Waals surface area contributed by atoms with E-state index in [1.54, 1.807) is 4.57 Å². The molecule has 0 atom stereocenters. The van der Waals surface area contributed by atoms with Gasteiger partial charge in [-0.1, -0.05) is 15.9 Å². The fourth-order valence-corrected chi connectivity index (χ4v) is 2.11. The number of hydrogen-bond acceptors (Lipinski definition) is 4. The molecule has 2 N–H and O–H groups in total. The molecule has 0 amide bonds. The van der Waals surface area contributed by atoms with E-state index in [0.29, 0.717) is 0 Å². The monoisotopic (exact) mass is 323 g/mol. The summed E-state index contributed by atoms with van der Waals surface area (Å²) in [5.74, 6) is -0.269. The SMILES string of the molecule is COC(=O)c1ncn(-c2cc(C)c(Br)c(C)c2)c1N. The fraction of sp³-hybridized carbons (Fsp3) is 0.231. The van der Waals surface area contributed by atoms with Crippen molar-refractivity contribution in [1.82, 2.24) is 9.55 Å². The van der Waals surface area contributed by atoms with E-state index in [1.165, 1.54) is 13.4 Å². The molecule has 6 heteroatoms. The molecule has 1 heterocycles. The maximum absolute atomic E-state index is 11.5. The van der Waals surface area contributed by atoms with Crippen LogP contribution in [0.5, 0.6) is 0 Å². The highest BCUT2D eigenvalue weighted by molar-refractivity contribution is 9.10. The Kier molecular flexibility index (Phi) is 3.61. The zero-order chi connectivity index (χ0) is 14.2. The van der Waals surface area contributed by atoms with Gasteiger partial charge in [-0.15, -0.1) is 0 Å². The van der Waals surface area contributed by atoms with E-state index in [4.69, 9.17) is 5.73 Å². The number of nitrogen functional groups attached to an aromatic ring is 1. The van der Waals surface area contributed by atoms with E-state index in [-0.39, 0.29) is 11.5 Å². The number of hydrogen-bond donors (Lipinski definition) is 1. The molecule has 0 bridgehead atoms. The first kappa shape index (κ1) is 13.6. The molecule has 2 rings (SSSR count). The largest absolute Gasteiger partial charge is 0.464 e. The lowest BCUT2D eigenvalue weighted by atomic mass is 10.1. The Morgan fingerprint density at radius 2 is 1.95 bits per heavy atom. The van der Waals surface area contributed by atoms with Crippen molar-refractivity contribution in [2.45, 2.75) is 13.8 Å². The number of anilines is 1. The zero-order valence-electron chi connectivity index (χ0n) is 10.9. The minimum Gasteiger partial charge on any atom is -0.464 e. The van der Waals surface area contributed by atoms with Gasteiger partial charge in [-0.2, -0.15) is 0 Å². The van der Waals surface area contributed by atoms with Crippen molar-refractivity contribution in [2.24, 2.45) is 0 Å². The molecule has 19 heavy (non-hydrogen) atoms. The van der Waals surface area contributed by atoms with E-state index in [0.717, 1.165) is 21.3 Å². The van der Waals surface area contributed by atoms with Crippen molar-refractivity contribution >= 4 is 27.7 Å². The molecule has 2 aromatic rings. The van der Waals surface area contributed by atoms with Gasteiger partial charge in [-0.25, -0.2) is 9.78 Å². The van der Waals surface area contributed by atoms with Crippen LogP contribution < -0.4 is 5.73 Å². The number of rotatable bonds is 2. The number of aryl methyl sites for hydroxylation is 2. The summed E-state index contributed by atoms with van der Waals surface area (Å²) in [5, 5.41) is 0. The van der Waals surface area contributed by atoms with Gasteiger partial charge in [-0.05, 0) is 37.1 Å². The highest BCUT2D eigenvalue weighted by Crippen LogP contribution is 2.26. The Balaban J connectivity index is 2.54. The quantitative estimate of drug-likeness (QED) is 0.862. The molecule has 0 aliphatic carbocycles. The van der Waals surface area contributed by atoms with E-state index < -0.39 is 5.97 Å². The minimum atomic E-state index is -0.540. The number of carbonyl (C=O) groups excluding carboxylic acids is 1. The van der Waals surface area contributed by atoms with Crippen molar-refractivity contribution < 1.29 is 9.53 Å². The van der Waals surface area contributed by atoms with Crippen LogP contribution in [-0.2, 0) is 4.74 Å². The van der Waals surface area contributed by atoms with Crippen LogP contribution in [-0.4, -0.2) is 22.6 Å². The molecular formula is C13H14BrN3O2. The first-order valence-electron chi connectivity index (χ1n) is 5.64. The van der Waals surface area contributed by atoms with E-state index in [9.17, 15) is 4.79 Å². The molecule has 100 valence electrons. The number of nitrogens with zero attached hydrogens (tertiary/aromatic N) is 2. The van der Waals surface area contributed by atoms with Gasteiger partial charge in [-0.3, -0.25) is 4.57 Å². The number of benzene rings is 1. The molecule has 5 nitrogen and oxygen atoms in total. The molecule has 0 fully saturated rings. The van der Waals surface area contributed by atoms with Crippen molar-refractivity contribution in [2.75, 3.05) is 12.8 Å². The average Bonchev–Trinajstić information content (AvgIpc) is 2.76. The maximum Gasteiger partial charge on any atom is 0.360 e. The summed E-state index contributed by atoms with van der Waals surface area (Å²) in [6.07, 6.45) is 1.52. The summed E-state index contributed by atoms with van der Waals surface area (Å²) in [5.41, 5.74) is 9.09. The van der Waals surface area contributed by atoms with E-state index >= 15 is 0 Å². The van der Waals surface area contributed by atoms with Gasteiger partial charge in [0.1, 0.15) is 12.1 Å². The first-order chi connectivity index (χ1) is 8.95. The van der Waals surface area contributed by atoms with Crippen LogP contribution in [0.1, 0.15) is 21.6 Å². The number of nitrogens with two attached hydrogens (primary N) is 1. The molecule has 0 aliphatic rings. The second kappa shape index (κ2) is 5.05. The summed E-state index contributed by atoms with van der Waals surface area (Å²) in [6.45, 7) is 3.99. The fourth-order valence-electron chi connectivity index (χ4n) is 1.88. The summed E-state index contributed by atoms with van der Waals surface area (Å²) in [4.78, 5) is 15.5. The summed E-state index contributed by atoms with van der Waals surface area (Å²) >= 11 is 3.51. The zero-order valence-corrected chi connectivity index (χ0v) is 12.5. The van der Waals surface area contributed by atoms with E-state index in [1.807, 2.05) is 26.0 Å². The molecule has 1 aromatic carbocycles. The lowest BCUT2D eigenvalue weighted by molar-refractivity contribution is 0.0596. The molecule has 0 radical (unpaired) electrons. The molecule has 0 saturated carbocycles. The molecule has 0 saturated heterocycles. The Labute approximate surface area is 119 Å². The van der Waals surface area contributed by atoms with Crippen LogP contribution in [0.3, 0.4) is 0 Å². The first-order valence-corrected chi connectivity index (χ1v) is 6.43. The number of esters is 1. The standard InChI is InChI=1S/C13H14BrN3O2/c1-7-4-9(5-8(2)10(7)14)17-6-16-11(12(17)15)13(18)19-3/h4-6H,15H2,1-3H3. The lowest BCUT2D eigenvalue weighted by Crippen LogP contribution is -2.07. The highest BCUT2D eigenvalue weighted by Gasteiger charge is 2.17. The molecule has 0 aliphatic heterocycles. The van der Waals surface area contributed by atoms with Gasteiger partial charge in [0.05, 0.1) is 7.11 Å². The van der Waals surface area contributed by atoms with Gasteiger partial charge < -0.3 is 10.5 Å². The van der Waals surface area contributed by atoms with Crippen molar-refractivity contribution in [1.29, 1.82) is 0 Å². The van der Waals surface area contributed by atoms with Gasteiger partial charge in [0, 0.05) is 10.2 Å². The third-order valence-electron chi connectivity index (χ3n) is 2.88. The van der Waals surface area contributed by atoms with E-state index in [2.05, 4.69) is 25.7 Å². The molecule has 0 spiro atoms. The van der Waals surface area contributed by atoms with Crippen LogP contribution in [0.2, 0.25) is 0 Å². The predicted molar refractivity (Wildman–Crippen MR) is 76.5 cm³/mol. The third kappa shape index (κ3) is 2.35. The average molecular weight is 324 g/mol. The van der Waals surface area contributed by atoms with Crippen molar-refractivity contribution in [3.05, 3.63) is 39.8 Å². The van der Waals surface area contributed by atoms with Crippen LogP contribution in [0, 0.1) is 13.8 Å². The lowest BCUT2D eigenvalue weighted by Gasteiger charge is -2.10. The van der Waals surface area contributed by atoms with Gasteiger partial charge >= 0.3 is 5.97 Å². The molecule has 1 aromatic heterocycles. The second-order valence-electron chi connectivity index (χ2n) is 4.23. The number of methoxy groups -OCH3 is 1. The van der Waals surface area contributed by atoms with Gasteiger partial charge in [0.15, 0.2) is 5.69 Å². The molecule has 0 unspecified atom stereocenters. The van der Waals surface area contributed by atoms with Crippen LogP contribution in [0.25, 0.3) is 5.69 Å². The Bertz CT molecular complexity index is 626. The normalized spacial score (nSPS) is 10.5. The summed E-state index contributed by atoms with van der Waals surface area (Å²) in [7, 11) is 1.30. The van der Waals surface area contributed by atoms with Crippen molar-refractivity contribution in [3.63, 3.8) is 0 Å². The second-order valence-corrected chi connectivity index (χ2v) is 5.03. The van der Waals surface area contributed by atoms with Crippen LogP contribution in [0.4, 0.5) is 5.82 Å². The van der Waals surface area contributed by atoms with Crippen LogP contribution in [0.15, 0.2) is 22.9 Å². The smallest absolute Gasteiger partial charge is 0.360 e. The minimum absolute atomic E-state index is 0.126. The predicted octanol–water partition coefficient (Wildman–Crippen LogP) is 2.62. The summed E-state index contributed by atoms with van der Waals surface area (Å²) < 4.78 is 7.35. The topological polar surface area (TPSA) is 70.1 Å². The Morgan fingerprint density at radius 3 is 2.47 bits per heavy atom. The Hall–Kier alpha value is -1.82. The molecular weight excluding hydrogens is 310 g/mol. The van der Waals surface area contributed by atoms with Crippen molar-refractivity contribution in [3.8, 4) is 5.69 Å². The number of carbonyl (C=O) groups is 1. The number of halogens is 1. The highest BCUT2D eigenvalue weighted by atomic mass is 79.9. The van der Waals surface area contributed by atoms with Crippen LogP contribution >= 0.6 is 15.9 Å². The third-order valence-corrected chi connectivity index (χ3v) is 4.13. The number of ether oxygens (including phenoxy) is 1. The maximum atomic E-state index is 11.5. The van der Waals surface area contributed by atoms with Gasteiger partial charge in [0.2, 0.25) is 0 Å². The van der Waals surface area contributed by atoms with Gasteiger partial charge in [0.25, 0.3) is 0 Å².